The fraction of sp³-hybridized carbons (Fsp3) is 0.250. The number of primary amides is 1. The number of hydrogen-bond donors (Lipinski definition) is 3. The summed E-state index contributed by atoms with van der Waals surface area (Å²) >= 11 is 0. The van der Waals surface area contributed by atoms with E-state index in [1.807, 2.05) is 48.5 Å². The van der Waals surface area contributed by atoms with Crippen LogP contribution in [0.4, 0.5) is 4.79 Å². The van der Waals surface area contributed by atoms with E-state index in [9.17, 15) is 19.5 Å². The molecule has 27 heavy (non-hydrogen) atoms. The molecule has 0 aromatic heterocycles. The van der Waals surface area contributed by atoms with Gasteiger partial charge < -0.3 is 20.9 Å². The normalized spacial score (nSPS) is 14.6. The molecule has 7 heteroatoms. The minimum absolute atomic E-state index is 0.0477. The molecule has 4 N–H and O–H groups in total. The minimum Gasteiger partial charge on any atom is -0.479 e. The predicted octanol–water partition coefficient (Wildman–Crippen LogP) is 2.24. The third kappa shape index (κ3) is 3.62. The van der Waals surface area contributed by atoms with Crippen LogP contribution >= 0.6 is 0 Å². The molecule has 0 unspecified atom stereocenters. The second-order valence-electron chi connectivity index (χ2n) is 6.73. The van der Waals surface area contributed by atoms with Gasteiger partial charge in [0.05, 0.1) is 6.42 Å². The zero-order valence-electron chi connectivity index (χ0n) is 14.8. The standard InChI is InChI=1S/C20H20N2O5/c1-20(18(24)25,10-17(21)23)22-19(26)27-11-16-14-8-4-2-6-12(14)13-7-3-5-9-15(13)16/h2-9,16H,10-11H2,1H3,(H2,21,23)(H,22,26)(H,24,25)/t20-/m0/s1. The first-order valence-electron chi connectivity index (χ1n) is 8.46. The first-order valence-corrected chi connectivity index (χ1v) is 8.46. The van der Waals surface area contributed by atoms with E-state index >= 15 is 0 Å². The van der Waals surface area contributed by atoms with Crippen molar-refractivity contribution in [3.05, 3.63) is 59.7 Å². The monoisotopic (exact) mass is 368 g/mol. The summed E-state index contributed by atoms with van der Waals surface area (Å²) < 4.78 is 5.30. The zero-order valence-corrected chi connectivity index (χ0v) is 14.8. The number of nitrogens with one attached hydrogen (secondary N) is 1. The number of fused-ring (bicyclic) bond motifs is 3. The van der Waals surface area contributed by atoms with Crippen LogP contribution in [0.1, 0.15) is 30.4 Å². The molecule has 1 atom stereocenters. The second-order valence-corrected chi connectivity index (χ2v) is 6.73. The van der Waals surface area contributed by atoms with Crippen molar-refractivity contribution in [1.82, 2.24) is 5.32 Å². The number of rotatable bonds is 6. The van der Waals surface area contributed by atoms with Crippen molar-refractivity contribution < 1.29 is 24.2 Å². The number of nitrogens with two attached hydrogens (primary N) is 1. The van der Waals surface area contributed by atoms with Gasteiger partial charge in [0.25, 0.3) is 0 Å². The van der Waals surface area contributed by atoms with Crippen LogP contribution in [0.25, 0.3) is 11.1 Å². The van der Waals surface area contributed by atoms with Crippen LogP contribution in [-0.2, 0) is 14.3 Å². The lowest BCUT2D eigenvalue weighted by Crippen LogP contribution is -2.54. The average Bonchev–Trinajstić information content (AvgIpc) is 2.93. The highest BCUT2D eigenvalue weighted by Gasteiger charge is 2.38. The van der Waals surface area contributed by atoms with Gasteiger partial charge in [-0.3, -0.25) is 4.79 Å². The van der Waals surface area contributed by atoms with Crippen molar-refractivity contribution in [3.63, 3.8) is 0 Å². The largest absolute Gasteiger partial charge is 0.479 e. The number of carbonyl (C=O) groups is 3. The number of aliphatic carboxylic acids is 1. The second kappa shape index (κ2) is 7.11. The van der Waals surface area contributed by atoms with Crippen LogP contribution in [0.5, 0.6) is 0 Å². The summed E-state index contributed by atoms with van der Waals surface area (Å²) in [6.45, 7) is 1.26. The maximum Gasteiger partial charge on any atom is 0.408 e. The Morgan fingerprint density at radius 3 is 2.07 bits per heavy atom. The number of amides is 2. The molecule has 0 bridgehead atoms. The molecule has 0 saturated heterocycles. The van der Waals surface area contributed by atoms with E-state index in [2.05, 4.69) is 5.32 Å². The highest BCUT2D eigenvalue weighted by atomic mass is 16.5. The molecule has 0 fully saturated rings. The Morgan fingerprint density at radius 2 is 1.59 bits per heavy atom. The molecule has 0 radical (unpaired) electrons. The lowest BCUT2D eigenvalue weighted by molar-refractivity contribution is -0.146. The quantitative estimate of drug-likeness (QED) is 0.722. The molecule has 140 valence electrons. The first-order chi connectivity index (χ1) is 12.8. The number of carboxylic acids is 1. The smallest absolute Gasteiger partial charge is 0.408 e. The van der Waals surface area contributed by atoms with E-state index < -0.39 is 29.9 Å². The molecule has 2 aromatic carbocycles. The molecule has 0 aliphatic heterocycles. The Hall–Kier alpha value is -3.35. The van der Waals surface area contributed by atoms with Crippen LogP contribution in [0.2, 0.25) is 0 Å². The van der Waals surface area contributed by atoms with Crippen molar-refractivity contribution in [2.45, 2.75) is 24.8 Å². The van der Waals surface area contributed by atoms with Crippen molar-refractivity contribution in [2.75, 3.05) is 6.61 Å². The van der Waals surface area contributed by atoms with E-state index in [4.69, 9.17) is 10.5 Å². The minimum atomic E-state index is -1.82. The van der Waals surface area contributed by atoms with Gasteiger partial charge in [0.2, 0.25) is 5.91 Å². The first kappa shape index (κ1) is 18.4. The topological polar surface area (TPSA) is 119 Å². The molecule has 7 nitrogen and oxygen atoms in total. The fourth-order valence-electron chi connectivity index (χ4n) is 3.38. The number of ether oxygens (including phenoxy) is 1. The number of alkyl carbamates (subject to hydrolysis) is 1. The summed E-state index contributed by atoms with van der Waals surface area (Å²) in [5.41, 5.74) is 7.52. The van der Waals surface area contributed by atoms with Crippen molar-refractivity contribution >= 4 is 18.0 Å². The Kier molecular flexibility index (Phi) is 4.85. The molecule has 0 heterocycles. The van der Waals surface area contributed by atoms with Crippen LogP contribution in [-0.4, -0.2) is 35.2 Å². The van der Waals surface area contributed by atoms with Crippen molar-refractivity contribution in [2.24, 2.45) is 5.73 Å². The van der Waals surface area contributed by atoms with Gasteiger partial charge >= 0.3 is 12.1 Å². The van der Waals surface area contributed by atoms with Gasteiger partial charge in [-0.25, -0.2) is 9.59 Å². The molecule has 0 saturated carbocycles. The molecule has 2 amide bonds. The third-order valence-electron chi connectivity index (χ3n) is 4.72. The summed E-state index contributed by atoms with van der Waals surface area (Å²) in [5, 5.41) is 11.5. The summed E-state index contributed by atoms with van der Waals surface area (Å²) in [5.74, 6) is -2.34. The van der Waals surface area contributed by atoms with Gasteiger partial charge in [-0.15, -0.1) is 0 Å². The van der Waals surface area contributed by atoms with Crippen LogP contribution in [0.3, 0.4) is 0 Å². The van der Waals surface area contributed by atoms with Crippen molar-refractivity contribution in [3.8, 4) is 11.1 Å². The lowest BCUT2D eigenvalue weighted by Gasteiger charge is -2.25. The van der Waals surface area contributed by atoms with Gasteiger partial charge in [-0.05, 0) is 29.2 Å². The number of hydrogen-bond acceptors (Lipinski definition) is 4. The van der Waals surface area contributed by atoms with Crippen LogP contribution < -0.4 is 11.1 Å². The van der Waals surface area contributed by atoms with Crippen LogP contribution in [0.15, 0.2) is 48.5 Å². The Morgan fingerprint density at radius 1 is 1.07 bits per heavy atom. The van der Waals surface area contributed by atoms with Gasteiger partial charge in [0.15, 0.2) is 0 Å². The van der Waals surface area contributed by atoms with Gasteiger partial charge in [0.1, 0.15) is 12.1 Å². The third-order valence-corrected chi connectivity index (χ3v) is 4.72. The van der Waals surface area contributed by atoms with E-state index in [1.165, 1.54) is 6.92 Å². The van der Waals surface area contributed by atoms with E-state index in [0.717, 1.165) is 22.3 Å². The summed E-state index contributed by atoms with van der Waals surface area (Å²) in [6.07, 6.45) is -1.45. The van der Waals surface area contributed by atoms with Crippen molar-refractivity contribution in [1.29, 1.82) is 0 Å². The Balaban J connectivity index is 1.74. The fourth-order valence-corrected chi connectivity index (χ4v) is 3.38. The Labute approximate surface area is 156 Å². The number of benzene rings is 2. The number of carbonyl (C=O) groups excluding carboxylic acids is 2. The maximum atomic E-state index is 12.2. The Bertz CT molecular complexity index is 865. The molecule has 0 spiro atoms. The van der Waals surface area contributed by atoms with E-state index in [1.54, 1.807) is 0 Å². The molecular weight excluding hydrogens is 348 g/mol. The van der Waals surface area contributed by atoms with Gasteiger partial charge in [0, 0.05) is 5.92 Å². The predicted molar refractivity (Wildman–Crippen MR) is 98.1 cm³/mol. The van der Waals surface area contributed by atoms with Crippen LogP contribution in [0, 0.1) is 0 Å². The molecule has 3 rings (SSSR count). The summed E-state index contributed by atoms with van der Waals surface area (Å²) in [7, 11) is 0. The molecular formula is C20H20N2O5. The molecule has 2 aromatic rings. The lowest BCUT2D eigenvalue weighted by atomic mass is 9.97. The molecule has 1 aliphatic carbocycles. The highest BCUT2D eigenvalue weighted by molar-refractivity contribution is 5.90. The maximum absolute atomic E-state index is 12.2. The zero-order chi connectivity index (χ0) is 19.6. The van der Waals surface area contributed by atoms with E-state index in [0.29, 0.717) is 0 Å². The number of carboxylic acid groups (broad SMARTS) is 1. The SMILES string of the molecule is C[C@@](CC(N)=O)(NC(=O)OCC1c2ccccc2-c2ccccc21)C(=O)O. The van der Waals surface area contributed by atoms with Gasteiger partial charge in [-0.1, -0.05) is 48.5 Å². The molecule has 1 aliphatic rings. The summed E-state index contributed by atoms with van der Waals surface area (Å²) in [6, 6.07) is 15.7. The highest BCUT2D eigenvalue weighted by Crippen LogP contribution is 2.44. The average molecular weight is 368 g/mol. The van der Waals surface area contributed by atoms with Gasteiger partial charge in [-0.2, -0.15) is 0 Å². The van der Waals surface area contributed by atoms with E-state index in [-0.39, 0.29) is 12.5 Å². The summed E-state index contributed by atoms with van der Waals surface area (Å²) in [4.78, 5) is 34.7.